The lowest BCUT2D eigenvalue weighted by Gasteiger charge is -2.20. The number of phosphoric ester groups is 1. The first-order valence-corrected chi connectivity index (χ1v) is 19.3. The van der Waals surface area contributed by atoms with E-state index in [1.165, 1.54) is 96.3 Å². The molecule has 2 unspecified atom stereocenters. The zero-order valence-electron chi connectivity index (χ0n) is 28.4. The van der Waals surface area contributed by atoms with Gasteiger partial charge < -0.3 is 20.1 Å². The van der Waals surface area contributed by atoms with Crippen LogP contribution in [0.3, 0.4) is 0 Å². The molecule has 0 aliphatic heterocycles. The summed E-state index contributed by atoms with van der Waals surface area (Å²) in [7, 11) is -4.26. The molecule has 0 aromatic heterocycles. The van der Waals surface area contributed by atoms with Gasteiger partial charge in [-0.3, -0.25) is 13.8 Å². The molecular weight excluding hydrogens is 577 g/mol. The van der Waals surface area contributed by atoms with Crippen LogP contribution in [-0.4, -0.2) is 49.9 Å². The standard InChI is InChI=1S/C35H68NO7P/c1-3-5-7-9-11-12-13-14-15-16-17-18-19-20-21-23-25-27-30-40-32-34(33-42-44(38,39)41-31-29-36)43-35(37)28-26-24-22-10-8-6-4-2/h11-12,14-15,34H,3-10,13,16-33,36H2,1-2H3,(H,38,39)/b12-11-,15-14-. The van der Waals surface area contributed by atoms with E-state index in [2.05, 4.69) is 38.2 Å². The molecule has 8 nitrogen and oxygen atoms in total. The van der Waals surface area contributed by atoms with E-state index in [1.807, 2.05) is 0 Å². The Balaban J connectivity index is 4.00. The molecule has 0 saturated carbocycles. The van der Waals surface area contributed by atoms with Crippen molar-refractivity contribution in [2.24, 2.45) is 5.73 Å². The third kappa shape index (κ3) is 32.4. The van der Waals surface area contributed by atoms with E-state index >= 15 is 0 Å². The van der Waals surface area contributed by atoms with Gasteiger partial charge in [-0.2, -0.15) is 0 Å². The third-order valence-electron chi connectivity index (χ3n) is 7.37. The van der Waals surface area contributed by atoms with E-state index in [-0.39, 0.29) is 32.3 Å². The van der Waals surface area contributed by atoms with Crippen molar-refractivity contribution in [1.29, 1.82) is 0 Å². The highest BCUT2D eigenvalue weighted by Gasteiger charge is 2.25. The minimum absolute atomic E-state index is 0.0955. The Bertz CT molecular complexity index is 732. The summed E-state index contributed by atoms with van der Waals surface area (Å²) in [5.74, 6) is -0.340. The minimum Gasteiger partial charge on any atom is -0.457 e. The number of hydrogen-bond donors (Lipinski definition) is 2. The largest absolute Gasteiger partial charge is 0.472 e. The molecule has 0 rings (SSSR count). The van der Waals surface area contributed by atoms with E-state index in [9.17, 15) is 14.3 Å². The third-order valence-corrected chi connectivity index (χ3v) is 8.36. The highest BCUT2D eigenvalue weighted by Crippen LogP contribution is 2.43. The van der Waals surface area contributed by atoms with Crippen molar-refractivity contribution in [3.8, 4) is 0 Å². The van der Waals surface area contributed by atoms with Gasteiger partial charge in [0.1, 0.15) is 6.10 Å². The lowest BCUT2D eigenvalue weighted by molar-refractivity contribution is -0.154. The topological polar surface area (TPSA) is 117 Å². The van der Waals surface area contributed by atoms with E-state index in [1.54, 1.807) is 0 Å². The first-order chi connectivity index (χ1) is 21.4. The van der Waals surface area contributed by atoms with Gasteiger partial charge in [-0.15, -0.1) is 0 Å². The van der Waals surface area contributed by atoms with Crippen molar-refractivity contribution >= 4 is 13.8 Å². The van der Waals surface area contributed by atoms with Gasteiger partial charge in [0.2, 0.25) is 0 Å². The van der Waals surface area contributed by atoms with Crippen molar-refractivity contribution in [2.45, 2.75) is 161 Å². The fraction of sp³-hybridized carbons (Fsp3) is 0.857. The summed E-state index contributed by atoms with van der Waals surface area (Å²) < 4.78 is 33.1. The lowest BCUT2D eigenvalue weighted by atomic mass is 10.1. The summed E-state index contributed by atoms with van der Waals surface area (Å²) >= 11 is 0. The van der Waals surface area contributed by atoms with Crippen molar-refractivity contribution in [3.63, 3.8) is 0 Å². The molecule has 9 heteroatoms. The van der Waals surface area contributed by atoms with Crippen LogP contribution in [-0.2, 0) is 27.9 Å². The molecule has 0 aliphatic carbocycles. The smallest absolute Gasteiger partial charge is 0.457 e. The van der Waals surface area contributed by atoms with Crippen molar-refractivity contribution in [2.75, 3.05) is 33.0 Å². The molecule has 0 aromatic carbocycles. The number of hydrogen-bond acceptors (Lipinski definition) is 7. The Morgan fingerprint density at radius 3 is 1.82 bits per heavy atom. The predicted octanol–water partition coefficient (Wildman–Crippen LogP) is 9.74. The summed E-state index contributed by atoms with van der Waals surface area (Å²) in [4.78, 5) is 22.2. The molecule has 0 radical (unpaired) electrons. The van der Waals surface area contributed by atoms with Crippen molar-refractivity contribution in [1.82, 2.24) is 0 Å². The number of carbonyl (C=O) groups is 1. The Morgan fingerprint density at radius 1 is 0.682 bits per heavy atom. The normalized spacial score (nSPS) is 14.0. The quantitative estimate of drug-likeness (QED) is 0.0307. The highest BCUT2D eigenvalue weighted by atomic mass is 31.2. The van der Waals surface area contributed by atoms with E-state index in [4.69, 9.17) is 24.3 Å². The zero-order chi connectivity index (χ0) is 32.4. The maximum absolute atomic E-state index is 12.4. The molecule has 260 valence electrons. The van der Waals surface area contributed by atoms with E-state index in [0.717, 1.165) is 38.5 Å². The Labute approximate surface area is 270 Å². The van der Waals surface area contributed by atoms with Gasteiger partial charge in [0, 0.05) is 19.6 Å². The summed E-state index contributed by atoms with van der Waals surface area (Å²) in [5.41, 5.74) is 5.33. The number of unbranched alkanes of at least 4 members (excludes halogenated alkanes) is 17. The number of ether oxygens (including phenoxy) is 2. The molecule has 0 spiro atoms. The Kier molecular flexibility index (Phi) is 32.6. The average molecular weight is 646 g/mol. The maximum atomic E-state index is 12.4. The number of nitrogens with two attached hydrogens (primary N) is 1. The maximum Gasteiger partial charge on any atom is 0.472 e. The molecule has 0 saturated heterocycles. The van der Waals surface area contributed by atoms with Gasteiger partial charge >= 0.3 is 13.8 Å². The van der Waals surface area contributed by atoms with Crippen LogP contribution in [0.15, 0.2) is 24.3 Å². The summed E-state index contributed by atoms with van der Waals surface area (Å²) in [5, 5.41) is 0. The predicted molar refractivity (Wildman–Crippen MR) is 183 cm³/mol. The molecule has 3 N–H and O–H groups in total. The SMILES string of the molecule is CCCCC/C=C\C/C=C\CCCCCCCCCCOCC(COP(=O)(O)OCCN)OC(=O)CCCCCCCCC. The van der Waals surface area contributed by atoms with Gasteiger partial charge in [-0.1, -0.05) is 128 Å². The second-order valence-electron chi connectivity index (χ2n) is 11.7. The van der Waals surface area contributed by atoms with Crippen LogP contribution in [0, 0.1) is 0 Å². The monoisotopic (exact) mass is 645 g/mol. The average Bonchev–Trinajstić information content (AvgIpc) is 3.01. The zero-order valence-corrected chi connectivity index (χ0v) is 29.3. The van der Waals surface area contributed by atoms with Gasteiger partial charge in [-0.25, -0.2) is 4.57 Å². The number of phosphoric acid groups is 1. The molecule has 0 bridgehead atoms. The van der Waals surface area contributed by atoms with Crippen molar-refractivity contribution < 1.29 is 32.8 Å². The first kappa shape index (κ1) is 43.0. The summed E-state index contributed by atoms with van der Waals surface area (Å²) in [6, 6.07) is 0. The van der Waals surface area contributed by atoms with Crippen molar-refractivity contribution in [3.05, 3.63) is 24.3 Å². The fourth-order valence-electron chi connectivity index (χ4n) is 4.73. The number of carbonyl (C=O) groups excluding carboxylic acids is 1. The number of allylic oxidation sites excluding steroid dienone is 4. The summed E-state index contributed by atoms with van der Waals surface area (Å²) in [6.07, 6.45) is 33.5. The second-order valence-corrected chi connectivity index (χ2v) is 13.2. The Hall–Kier alpha value is -1.02. The van der Waals surface area contributed by atoms with Crippen LogP contribution in [0.1, 0.15) is 155 Å². The van der Waals surface area contributed by atoms with Gasteiger partial charge in [0.25, 0.3) is 0 Å². The minimum atomic E-state index is -4.26. The summed E-state index contributed by atoms with van der Waals surface area (Å²) in [6.45, 7) is 4.83. The van der Waals surface area contributed by atoms with E-state index in [0.29, 0.717) is 13.0 Å². The number of esters is 1. The molecule has 0 amide bonds. The van der Waals surface area contributed by atoms with Crippen LogP contribution in [0.25, 0.3) is 0 Å². The van der Waals surface area contributed by atoms with E-state index < -0.39 is 13.9 Å². The molecule has 0 aliphatic rings. The second kappa shape index (κ2) is 33.3. The van der Waals surface area contributed by atoms with Crippen LogP contribution in [0.2, 0.25) is 0 Å². The van der Waals surface area contributed by atoms with Gasteiger partial charge in [-0.05, 0) is 44.9 Å². The molecule has 0 heterocycles. The first-order valence-electron chi connectivity index (χ1n) is 17.8. The van der Waals surface area contributed by atoms with Gasteiger partial charge in [0.15, 0.2) is 0 Å². The lowest BCUT2D eigenvalue weighted by Crippen LogP contribution is -2.28. The van der Waals surface area contributed by atoms with Gasteiger partial charge in [0.05, 0.1) is 19.8 Å². The Morgan fingerprint density at radius 2 is 1.20 bits per heavy atom. The molecule has 44 heavy (non-hydrogen) atoms. The fourth-order valence-corrected chi connectivity index (χ4v) is 5.50. The molecule has 0 fully saturated rings. The van der Waals surface area contributed by atoms with Crippen LogP contribution in [0.5, 0.6) is 0 Å². The van der Waals surface area contributed by atoms with Crippen LogP contribution < -0.4 is 5.73 Å². The number of rotatable bonds is 34. The molecule has 0 aromatic rings. The van der Waals surface area contributed by atoms with Crippen LogP contribution >= 0.6 is 7.82 Å². The van der Waals surface area contributed by atoms with Crippen LogP contribution in [0.4, 0.5) is 0 Å². The highest BCUT2D eigenvalue weighted by molar-refractivity contribution is 7.47. The molecular formula is C35H68NO7P. The molecule has 2 atom stereocenters.